The number of hydrogen-bond donors (Lipinski definition) is 0. The second-order valence-electron chi connectivity index (χ2n) is 9.52. The summed E-state index contributed by atoms with van der Waals surface area (Å²) in [7, 11) is 0. The average Bonchev–Trinajstić information content (AvgIpc) is 3.19. The van der Waals surface area contributed by atoms with Gasteiger partial charge in [0.15, 0.2) is 0 Å². The molecule has 0 bridgehead atoms. The lowest BCUT2D eigenvalue weighted by molar-refractivity contribution is -0.137. The highest BCUT2D eigenvalue weighted by atomic mass is 16.6. The van der Waals surface area contributed by atoms with E-state index in [1.165, 1.54) is 0 Å². The zero-order chi connectivity index (χ0) is 19.8. The minimum Gasteiger partial charge on any atom is -0.444 e. The molecule has 3 aliphatic rings. The first-order chi connectivity index (χ1) is 12.7. The van der Waals surface area contributed by atoms with Crippen molar-refractivity contribution >= 4 is 12.0 Å². The molecular weight excluding hydrogens is 344 g/mol. The van der Waals surface area contributed by atoms with Gasteiger partial charge in [-0.05, 0) is 51.9 Å². The summed E-state index contributed by atoms with van der Waals surface area (Å²) in [5, 5.41) is 0. The van der Waals surface area contributed by atoms with Crippen molar-refractivity contribution in [1.29, 1.82) is 0 Å². The summed E-state index contributed by atoms with van der Waals surface area (Å²) in [6, 6.07) is 0.214. The van der Waals surface area contributed by atoms with Gasteiger partial charge in [-0.15, -0.1) is 0 Å². The molecule has 6 heteroatoms. The third kappa shape index (κ3) is 3.96. The van der Waals surface area contributed by atoms with Crippen LogP contribution in [0, 0.1) is 17.3 Å². The molecule has 0 N–H and O–H groups in total. The number of hydrogen-bond acceptors (Lipinski definition) is 4. The summed E-state index contributed by atoms with van der Waals surface area (Å²) in [6.07, 6.45) is 3.40. The van der Waals surface area contributed by atoms with E-state index >= 15 is 0 Å². The third-order valence-electron chi connectivity index (χ3n) is 6.75. The van der Waals surface area contributed by atoms with Gasteiger partial charge in [-0.25, -0.2) is 4.79 Å². The molecule has 0 radical (unpaired) electrons. The molecule has 0 aliphatic carbocycles. The van der Waals surface area contributed by atoms with E-state index in [1.54, 1.807) is 0 Å². The van der Waals surface area contributed by atoms with Crippen LogP contribution >= 0.6 is 0 Å². The minimum absolute atomic E-state index is 0.0847. The lowest BCUT2D eigenvalue weighted by Gasteiger charge is -2.42. The number of fused-ring (bicyclic) bond motifs is 2. The molecule has 0 saturated carbocycles. The molecule has 0 aromatic carbocycles. The van der Waals surface area contributed by atoms with E-state index in [0.717, 1.165) is 38.8 Å². The van der Waals surface area contributed by atoms with Gasteiger partial charge in [0.05, 0.1) is 19.3 Å². The smallest absolute Gasteiger partial charge is 0.410 e. The molecule has 3 saturated heterocycles. The molecule has 6 nitrogen and oxygen atoms in total. The monoisotopic (exact) mass is 380 g/mol. The van der Waals surface area contributed by atoms with Gasteiger partial charge in [0.1, 0.15) is 5.60 Å². The number of nitrogens with zero attached hydrogens (tertiary/aromatic N) is 2. The SMILES string of the molecule is CCC(CC)C(=O)N1CC2(CCN(C(=O)OC(C)(C)C)CC2)[C@@H]2COC[C@@H]21. The van der Waals surface area contributed by atoms with Crippen molar-refractivity contribution in [3.05, 3.63) is 0 Å². The van der Waals surface area contributed by atoms with Crippen LogP contribution < -0.4 is 0 Å². The Kier molecular flexibility index (Phi) is 5.76. The van der Waals surface area contributed by atoms with E-state index in [9.17, 15) is 9.59 Å². The summed E-state index contributed by atoms with van der Waals surface area (Å²) >= 11 is 0. The molecule has 0 aromatic rings. The van der Waals surface area contributed by atoms with Crippen LogP contribution in [-0.2, 0) is 14.3 Å². The molecular formula is C21H36N2O4. The molecule has 3 aliphatic heterocycles. The van der Waals surface area contributed by atoms with Crippen molar-refractivity contribution in [2.24, 2.45) is 17.3 Å². The van der Waals surface area contributed by atoms with Gasteiger partial charge < -0.3 is 19.3 Å². The Labute approximate surface area is 163 Å². The van der Waals surface area contributed by atoms with Gasteiger partial charge in [-0.2, -0.15) is 0 Å². The van der Waals surface area contributed by atoms with Crippen LogP contribution in [0.5, 0.6) is 0 Å². The molecule has 154 valence electrons. The Hall–Kier alpha value is -1.30. The minimum atomic E-state index is -0.470. The maximum absolute atomic E-state index is 13.1. The molecule has 0 aromatic heterocycles. The summed E-state index contributed by atoms with van der Waals surface area (Å²) in [6.45, 7) is 13.5. The molecule has 1 spiro atoms. The average molecular weight is 381 g/mol. The number of carbonyl (C=O) groups excluding carboxylic acids is 2. The Morgan fingerprint density at radius 2 is 1.78 bits per heavy atom. The Bertz CT molecular complexity index is 559. The maximum atomic E-state index is 13.1. The fraction of sp³-hybridized carbons (Fsp3) is 0.905. The molecule has 3 rings (SSSR count). The van der Waals surface area contributed by atoms with Gasteiger partial charge in [0, 0.05) is 31.5 Å². The van der Waals surface area contributed by atoms with Crippen LogP contribution in [0.2, 0.25) is 0 Å². The zero-order valence-corrected chi connectivity index (χ0v) is 17.6. The number of amides is 2. The molecule has 2 amide bonds. The Morgan fingerprint density at radius 3 is 2.33 bits per heavy atom. The number of carbonyl (C=O) groups is 2. The van der Waals surface area contributed by atoms with Crippen LogP contribution in [-0.4, -0.2) is 66.3 Å². The van der Waals surface area contributed by atoms with Crippen LogP contribution in [0.15, 0.2) is 0 Å². The van der Waals surface area contributed by atoms with Gasteiger partial charge in [-0.3, -0.25) is 4.79 Å². The number of rotatable bonds is 3. The van der Waals surface area contributed by atoms with E-state index in [2.05, 4.69) is 18.7 Å². The first-order valence-corrected chi connectivity index (χ1v) is 10.6. The van der Waals surface area contributed by atoms with E-state index in [-0.39, 0.29) is 23.5 Å². The van der Waals surface area contributed by atoms with Crippen molar-refractivity contribution in [3.8, 4) is 0 Å². The largest absolute Gasteiger partial charge is 0.444 e. The molecule has 3 fully saturated rings. The molecule has 3 heterocycles. The Morgan fingerprint density at radius 1 is 1.15 bits per heavy atom. The van der Waals surface area contributed by atoms with Crippen molar-refractivity contribution in [3.63, 3.8) is 0 Å². The van der Waals surface area contributed by atoms with Crippen LogP contribution in [0.3, 0.4) is 0 Å². The van der Waals surface area contributed by atoms with Crippen molar-refractivity contribution in [2.45, 2.75) is 71.9 Å². The topological polar surface area (TPSA) is 59.1 Å². The van der Waals surface area contributed by atoms with Crippen LogP contribution in [0.25, 0.3) is 0 Å². The maximum Gasteiger partial charge on any atom is 0.410 e. The summed E-state index contributed by atoms with van der Waals surface area (Å²) in [5.74, 6) is 0.812. The highest BCUT2D eigenvalue weighted by Gasteiger charge is 2.57. The number of ether oxygens (including phenoxy) is 2. The summed E-state index contributed by atoms with van der Waals surface area (Å²) < 4.78 is 11.3. The first kappa shape index (κ1) is 20.4. The third-order valence-corrected chi connectivity index (χ3v) is 6.75. The van der Waals surface area contributed by atoms with Crippen molar-refractivity contribution in [1.82, 2.24) is 9.80 Å². The molecule has 27 heavy (non-hydrogen) atoms. The lowest BCUT2D eigenvalue weighted by atomic mass is 9.70. The van der Waals surface area contributed by atoms with Crippen molar-refractivity contribution < 1.29 is 19.1 Å². The van der Waals surface area contributed by atoms with Gasteiger partial charge in [-0.1, -0.05) is 13.8 Å². The fourth-order valence-electron chi connectivity index (χ4n) is 5.11. The summed E-state index contributed by atoms with van der Waals surface area (Å²) in [5.41, 5.74) is -0.385. The van der Waals surface area contributed by atoms with Gasteiger partial charge in [0.25, 0.3) is 0 Å². The van der Waals surface area contributed by atoms with E-state index in [4.69, 9.17) is 9.47 Å². The molecule has 0 unspecified atom stereocenters. The predicted molar refractivity (Wildman–Crippen MR) is 103 cm³/mol. The predicted octanol–water partition coefficient (Wildman–Crippen LogP) is 3.30. The number of piperidine rings is 1. The highest BCUT2D eigenvalue weighted by molar-refractivity contribution is 5.79. The van der Waals surface area contributed by atoms with Gasteiger partial charge in [0.2, 0.25) is 5.91 Å². The van der Waals surface area contributed by atoms with Crippen molar-refractivity contribution in [2.75, 3.05) is 32.8 Å². The lowest BCUT2D eigenvalue weighted by Crippen LogP contribution is -2.48. The van der Waals surface area contributed by atoms with Crippen LogP contribution in [0.1, 0.15) is 60.3 Å². The van der Waals surface area contributed by atoms with Crippen LogP contribution in [0.4, 0.5) is 4.79 Å². The fourth-order valence-corrected chi connectivity index (χ4v) is 5.11. The second kappa shape index (κ2) is 7.61. The molecule has 2 atom stereocenters. The highest BCUT2D eigenvalue weighted by Crippen LogP contribution is 2.50. The normalized spacial score (nSPS) is 27.3. The second-order valence-corrected chi connectivity index (χ2v) is 9.52. The van der Waals surface area contributed by atoms with Gasteiger partial charge >= 0.3 is 6.09 Å². The van der Waals surface area contributed by atoms with E-state index < -0.39 is 5.60 Å². The summed E-state index contributed by atoms with van der Waals surface area (Å²) in [4.78, 5) is 29.4. The quantitative estimate of drug-likeness (QED) is 0.754. The van der Waals surface area contributed by atoms with E-state index in [0.29, 0.717) is 31.5 Å². The standard InChI is InChI=1S/C21H36N2O4/c1-6-15(7-2)18(24)23-14-21(16-12-26-13-17(16)23)8-10-22(11-9-21)19(25)27-20(3,4)5/h15-17H,6-14H2,1-5H3/t16-,17+/m1/s1. The Balaban J connectivity index is 1.69. The zero-order valence-electron chi connectivity index (χ0n) is 17.6. The first-order valence-electron chi connectivity index (χ1n) is 10.6. The number of likely N-dealkylation sites (tertiary alicyclic amines) is 2. The van der Waals surface area contributed by atoms with E-state index in [1.807, 2.05) is 25.7 Å².